The first-order chi connectivity index (χ1) is 19.8. The van der Waals surface area contributed by atoms with Gasteiger partial charge in [-0.25, -0.2) is 13.2 Å². The number of alkyl halides is 3. The van der Waals surface area contributed by atoms with Crippen molar-refractivity contribution in [2.75, 3.05) is 18.9 Å². The van der Waals surface area contributed by atoms with E-state index in [4.69, 9.17) is 10.5 Å². The first-order valence-corrected chi connectivity index (χ1v) is 16.0. The number of nitrogens with two attached hydrogens (primary N) is 1. The summed E-state index contributed by atoms with van der Waals surface area (Å²) in [4.78, 5) is 27.1. The maximum absolute atomic E-state index is 13.3. The number of carbonyl (C=O) groups is 2. The van der Waals surface area contributed by atoms with Crippen LogP contribution in [-0.2, 0) is 21.1 Å². The number of ether oxygens (including phenoxy) is 1. The van der Waals surface area contributed by atoms with Crippen LogP contribution < -0.4 is 11.1 Å². The highest BCUT2D eigenvalue weighted by molar-refractivity contribution is 7.91. The van der Waals surface area contributed by atoms with Crippen molar-refractivity contribution in [1.29, 1.82) is 0 Å². The second kappa shape index (κ2) is 13.0. The molecule has 2 aliphatic rings. The number of primary amides is 1. The Morgan fingerprint density at radius 1 is 1.07 bits per heavy atom. The maximum atomic E-state index is 13.3. The summed E-state index contributed by atoms with van der Waals surface area (Å²) >= 11 is 0. The second-order valence-electron chi connectivity index (χ2n) is 11.2. The molecule has 2 aromatic carbocycles. The predicted molar refractivity (Wildman–Crippen MR) is 151 cm³/mol. The molecule has 1 heterocycles. The van der Waals surface area contributed by atoms with Crippen LogP contribution in [-0.4, -0.2) is 50.4 Å². The highest BCUT2D eigenvalue weighted by atomic mass is 32.2. The van der Waals surface area contributed by atoms with Crippen LogP contribution in [0.15, 0.2) is 47.4 Å². The molecule has 2 atom stereocenters. The fourth-order valence-electron chi connectivity index (χ4n) is 6.11. The van der Waals surface area contributed by atoms with Crippen LogP contribution in [0.4, 0.5) is 18.0 Å². The molecule has 0 unspecified atom stereocenters. The second-order valence-corrected chi connectivity index (χ2v) is 13.4. The van der Waals surface area contributed by atoms with E-state index in [1.165, 1.54) is 12.1 Å². The molecule has 2 amide bonds. The van der Waals surface area contributed by atoms with Crippen LogP contribution in [0.25, 0.3) is 0 Å². The van der Waals surface area contributed by atoms with Gasteiger partial charge in [0, 0.05) is 24.7 Å². The zero-order valence-corrected chi connectivity index (χ0v) is 24.6. The first kappa shape index (κ1) is 31.8. The standard InChI is InChI=1S/C30H38F3N3O5S/c1-3-27-25-14-9-21(15-22(25)17-36(27)16-19-5-10-23(11-6-19)30(31,32)33)28(37)35-26(18-41-29(34)38)20-7-12-24(13-8-20)42(39,40)4-2/h7-9,12-15,19,23,26-27H,3-6,10-11,16-18H2,1-2H3,(H2,34,38)(H,35,37)/t19-,23-,26-,27-/m0/s1. The minimum atomic E-state index is -4.12. The summed E-state index contributed by atoms with van der Waals surface area (Å²) in [7, 11) is -3.41. The van der Waals surface area contributed by atoms with E-state index in [1.54, 1.807) is 25.1 Å². The van der Waals surface area contributed by atoms with E-state index in [9.17, 15) is 31.2 Å². The van der Waals surface area contributed by atoms with Gasteiger partial charge in [0.15, 0.2) is 9.84 Å². The van der Waals surface area contributed by atoms with Crippen molar-refractivity contribution < 1.29 is 35.9 Å². The summed E-state index contributed by atoms with van der Waals surface area (Å²) in [5, 5.41) is 2.86. The van der Waals surface area contributed by atoms with Crippen LogP contribution in [0.5, 0.6) is 0 Å². The Balaban J connectivity index is 1.45. The lowest BCUT2D eigenvalue weighted by molar-refractivity contribution is -0.184. The van der Waals surface area contributed by atoms with E-state index in [2.05, 4.69) is 17.1 Å². The first-order valence-electron chi connectivity index (χ1n) is 14.3. The largest absolute Gasteiger partial charge is 0.447 e. The van der Waals surface area contributed by atoms with Crippen molar-refractivity contribution in [3.63, 3.8) is 0 Å². The highest BCUT2D eigenvalue weighted by Crippen LogP contribution is 2.42. The lowest BCUT2D eigenvalue weighted by Gasteiger charge is -2.34. The number of nitrogens with zero attached hydrogens (tertiary/aromatic N) is 1. The van der Waals surface area contributed by atoms with Gasteiger partial charge in [0.2, 0.25) is 0 Å². The molecule has 42 heavy (non-hydrogen) atoms. The number of rotatable bonds is 10. The number of halogens is 3. The van der Waals surface area contributed by atoms with Crippen molar-refractivity contribution in [1.82, 2.24) is 10.2 Å². The SMILES string of the molecule is CC[C@H]1c2ccc(C(=O)N[C@@H](COC(N)=O)c3ccc(S(=O)(=O)CC)cc3)cc2CN1C[C@H]1CC[C@H](C(F)(F)F)CC1. The number of amides is 2. The number of fused-ring (bicyclic) bond motifs is 1. The normalized spacial score (nSPS) is 21.9. The Bertz CT molecular complexity index is 1370. The summed E-state index contributed by atoms with van der Waals surface area (Å²) in [6.07, 6.45) is -2.83. The summed E-state index contributed by atoms with van der Waals surface area (Å²) in [6, 6.07) is 10.9. The molecule has 230 valence electrons. The van der Waals surface area contributed by atoms with Gasteiger partial charge in [-0.3, -0.25) is 9.69 Å². The van der Waals surface area contributed by atoms with Gasteiger partial charge in [-0.1, -0.05) is 32.0 Å². The average Bonchev–Trinajstić information content (AvgIpc) is 3.30. The Kier molecular flexibility index (Phi) is 9.87. The molecule has 1 aliphatic carbocycles. The van der Waals surface area contributed by atoms with E-state index >= 15 is 0 Å². The van der Waals surface area contributed by atoms with Gasteiger partial charge in [-0.05, 0) is 79.0 Å². The Morgan fingerprint density at radius 3 is 2.31 bits per heavy atom. The minimum absolute atomic E-state index is 0.0505. The summed E-state index contributed by atoms with van der Waals surface area (Å²) in [6.45, 7) is 4.71. The molecule has 8 nitrogen and oxygen atoms in total. The summed E-state index contributed by atoms with van der Waals surface area (Å²) in [5.74, 6) is -1.45. The van der Waals surface area contributed by atoms with E-state index in [0.29, 0.717) is 30.5 Å². The van der Waals surface area contributed by atoms with Crippen molar-refractivity contribution in [3.8, 4) is 0 Å². The Labute approximate surface area is 244 Å². The molecular weight excluding hydrogens is 571 g/mol. The molecule has 3 N–H and O–H groups in total. The number of hydrogen-bond acceptors (Lipinski definition) is 6. The molecule has 1 saturated carbocycles. The molecule has 0 aromatic heterocycles. The van der Waals surface area contributed by atoms with Crippen LogP contribution in [0.3, 0.4) is 0 Å². The van der Waals surface area contributed by atoms with Crippen molar-refractivity contribution >= 4 is 21.8 Å². The quantitative estimate of drug-likeness (QED) is 0.358. The topological polar surface area (TPSA) is 119 Å². The van der Waals surface area contributed by atoms with Gasteiger partial charge in [-0.2, -0.15) is 13.2 Å². The third kappa shape index (κ3) is 7.44. The van der Waals surface area contributed by atoms with E-state index < -0.39 is 40.0 Å². The molecule has 0 radical (unpaired) electrons. The summed E-state index contributed by atoms with van der Waals surface area (Å²) in [5.41, 5.74) is 8.20. The number of hydrogen-bond donors (Lipinski definition) is 2. The van der Waals surface area contributed by atoms with E-state index in [1.807, 2.05) is 12.1 Å². The molecule has 2 aromatic rings. The Morgan fingerprint density at radius 2 is 1.74 bits per heavy atom. The van der Waals surface area contributed by atoms with Crippen molar-refractivity contribution in [3.05, 3.63) is 64.7 Å². The van der Waals surface area contributed by atoms with Gasteiger partial charge in [0.05, 0.1) is 22.6 Å². The fourth-order valence-corrected chi connectivity index (χ4v) is 7.00. The summed E-state index contributed by atoms with van der Waals surface area (Å²) < 4.78 is 68.6. The third-order valence-corrected chi connectivity index (χ3v) is 10.2. The molecule has 4 rings (SSSR count). The molecule has 0 saturated heterocycles. The van der Waals surface area contributed by atoms with Crippen molar-refractivity contribution in [2.24, 2.45) is 17.6 Å². The molecule has 0 spiro atoms. The van der Waals surface area contributed by atoms with Gasteiger partial charge in [0.25, 0.3) is 5.91 Å². The minimum Gasteiger partial charge on any atom is -0.447 e. The van der Waals surface area contributed by atoms with E-state index in [-0.39, 0.29) is 42.1 Å². The number of benzene rings is 2. The fraction of sp³-hybridized carbons (Fsp3) is 0.533. The van der Waals surface area contributed by atoms with E-state index in [0.717, 1.165) is 24.1 Å². The monoisotopic (exact) mass is 609 g/mol. The zero-order chi connectivity index (χ0) is 30.7. The zero-order valence-electron chi connectivity index (χ0n) is 23.8. The molecule has 1 aliphatic heterocycles. The maximum Gasteiger partial charge on any atom is 0.404 e. The van der Waals surface area contributed by atoms with Crippen LogP contribution in [0.1, 0.15) is 85.1 Å². The number of carbonyl (C=O) groups excluding carboxylic acids is 2. The van der Waals surface area contributed by atoms with Crippen molar-refractivity contribution in [2.45, 2.75) is 75.7 Å². The van der Waals surface area contributed by atoms with Gasteiger partial charge in [-0.15, -0.1) is 0 Å². The van der Waals surface area contributed by atoms with Crippen LogP contribution in [0, 0.1) is 11.8 Å². The highest BCUT2D eigenvalue weighted by Gasteiger charge is 2.42. The average molecular weight is 610 g/mol. The van der Waals surface area contributed by atoms with Gasteiger partial charge in [0.1, 0.15) is 6.61 Å². The van der Waals surface area contributed by atoms with Gasteiger partial charge >= 0.3 is 12.3 Å². The molecule has 0 bridgehead atoms. The predicted octanol–water partition coefficient (Wildman–Crippen LogP) is 5.68. The number of nitrogens with one attached hydrogen (secondary N) is 1. The van der Waals surface area contributed by atoms with Gasteiger partial charge < -0.3 is 15.8 Å². The molecule has 1 fully saturated rings. The molecular formula is C30H38F3N3O5S. The molecule has 12 heteroatoms. The van der Waals surface area contributed by atoms with Crippen LogP contribution >= 0.6 is 0 Å². The smallest absolute Gasteiger partial charge is 0.404 e. The third-order valence-electron chi connectivity index (χ3n) is 8.49. The lowest BCUT2D eigenvalue weighted by atomic mass is 9.81. The Hall–Kier alpha value is -3.12. The lowest BCUT2D eigenvalue weighted by Crippen LogP contribution is -2.33. The van der Waals surface area contributed by atoms with Crippen LogP contribution in [0.2, 0.25) is 0 Å². The number of sulfone groups is 1.